The minimum Gasteiger partial charge on any atom is -0.381 e. The van der Waals surface area contributed by atoms with Gasteiger partial charge in [0, 0.05) is 63.2 Å². The van der Waals surface area contributed by atoms with Crippen molar-refractivity contribution in [3.8, 4) is 0 Å². The van der Waals surface area contributed by atoms with E-state index in [2.05, 4.69) is 22.0 Å². The maximum atomic E-state index is 12.6. The van der Waals surface area contributed by atoms with E-state index in [-0.39, 0.29) is 30.8 Å². The molecule has 0 saturated carbocycles. The van der Waals surface area contributed by atoms with Crippen molar-refractivity contribution < 1.29 is 27.5 Å². The Hall–Kier alpha value is -3.15. The molecule has 3 heterocycles. The number of rotatable bonds is 7. The van der Waals surface area contributed by atoms with Crippen LogP contribution >= 0.6 is 0 Å². The van der Waals surface area contributed by atoms with Crippen molar-refractivity contribution in [1.82, 2.24) is 19.7 Å². The number of aromatic nitrogens is 1. The second-order valence-electron chi connectivity index (χ2n) is 7.99. The van der Waals surface area contributed by atoms with E-state index < -0.39 is 11.7 Å². The number of piperazine rings is 1. The van der Waals surface area contributed by atoms with Gasteiger partial charge in [0.05, 0.1) is 19.6 Å². The molecule has 1 aromatic rings. The third-order valence-electron chi connectivity index (χ3n) is 5.76. The summed E-state index contributed by atoms with van der Waals surface area (Å²) in [6.07, 6.45) is -2.82. The molecule has 0 unspecified atom stereocenters. The average Bonchev–Trinajstić information content (AvgIpc) is 3.23. The van der Waals surface area contributed by atoms with Crippen molar-refractivity contribution in [1.29, 1.82) is 0 Å². The zero-order valence-corrected chi connectivity index (χ0v) is 19.1. The lowest BCUT2D eigenvalue weighted by molar-refractivity contribution is -0.133. The van der Waals surface area contributed by atoms with E-state index in [1.54, 1.807) is 15.9 Å². The molecule has 1 fully saturated rings. The lowest BCUT2D eigenvalue weighted by Gasteiger charge is -2.35. The van der Waals surface area contributed by atoms with Gasteiger partial charge in [-0.25, -0.2) is 9.98 Å². The minimum atomic E-state index is -4.44. The van der Waals surface area contributed by atoms with Crippen molar-refractivity contribution in [2.24, 2.45) is 9.98 Å². The summed E-state index contributed by atoms with van der Waals surface area (Å²) in [5.74, 6) is -0.0161. The predicted octanol–water partition coefficient (Wildman–Crippen LogP) is 1.85. The number of guanidine groups is 1. The Morgan fingerprint density at radius 2 is 1.88 bits per heavy atom. The number of ether oxygens (including phenoxy) is 1. The lowest BCUT2D eigenvalue weighted by atomic mass is 10.3. The molecule has 2 aliphatic rings. The molecule has 186 valence electrons. The van der Waals surface area contributed by atoms with Crippen LogP contribution in [0, 0.1) is 0 Å². The second-order valence-corrected chi connectivity index (χ2v) is 7.99. The first-order chi connectivity index (χ1) is 16.2. The monoisotopic (exact) mass is 482 g/mol. The fourth-order valence-corrected chi connectivity index (χ4v) is 3.76. The molecular formula is C22H29F3N6O3. The maximum Gasteiger partial charge on any atom is 0.413 e. The number of carbonyl (C=O) groups excluding carboxylic acids is 2. The Bertz CT molecular complexity index is 962. The molecule has 2 amide bonds. The number of amides is 2. The molecule has 0 bridgehead atoms. The van der Waals surface area contributed by atoms with Crippen LogP contribution in [0.4, 0.5) is 13.2 Å². The van der Waals surface area contributed by atoms with Crippen molar-refractivity contribution >= 4 is 24.5 Å². The number of alkyl halides is 3. The first kappa shape index (κ1) is 25.5. The van der Waals surface area contributed by atoms with Crippen LogP contribution in [0.5, 0.6) is 0 Å². The van der Waals surface area contributed by atoms with Gasteiger partial charge < -0.3 is 24.4 Å². The van der Waals surface area contributed by atoms with Gasteiger partial charge in [0.1, 0.15) is 5.69 Å². The molecule has 9 nitrogen and oxygen atoms in total. The number of fused-ring (bicyclic) bond motifs is 1. The Morgan fingerprint density at radius 3 is 2.56 bits per heavy atom. The highest BCUT2D eigenvalue weighted by molar-refractivity contribution is 5.93. The van der Waals surface area contributed by atoms with E-state index in [4.69, 9.17) is 4.74 Å². The van der Waals surface area contributed by atoms with Crippen molar-refractivity contribution in [2.45, 2.75) is 32.5 Å². The highest BCUT2D eigenvalue weighted by Crippen LogP contribution is 2.24. The molecule has 0 atom stereocenters. The second kappa shape index (κ2) is 11.3. The Labute approximate surface area is 196 Å². The van der Waals surface area contributed by atoms with Crippen LogP contribution in [0.3, 0.4) is 0 Å². The summed E-state index contributed by atoms with van der Waals surface area (Å²) >= 11 is 0. The number of nitrogens with zero attached hydrogens (tertiary/aromatic N) is 5. The van der Waals surface area contributed by atoms with Crippen LogP contribution in [0.15, 0.2) is 33.9 Å². The molecule has 34 heavy (non-hydrogen) atoms. The number of allylic oxidation sites excluding steroid dienone is 1. The first-order valence-electron chi connectivity index (χ1n) is 11.1. The third-order valence-corrected chi connectivity index (χ3v) is 5.76. The van der Waals surface area contributed by atoms with Crippen LogP contribution in [0.1, 0.15) is 29.5 Å². The lowest BCUT2D eigenvalue weighted by Crippen LogP contribution is -2.50. The van der Waals surface area contributed by atoms with E-state index in [9.17, 15) is 22.8 Å². The van der Waals surface area contributed by atoms with E-state index in [1.165, 1.54) is 0 Å². The highest BCUT2D eigenvalue weighted by atomic mass is 19.4. The topological polar surface area (TPSA) is 91.5 Å². The maximum absolute atomic E-state index is 12.6. The first-order valence-corrected chi connectivity index (χ1v) is 11.1. The normalized spacial score (nSPS) is 17.5. The van der Waals surface area contributed by atoms with Gasteiger partial charge in [-0.2, -0.15) is 13.2 Å². The van der Waals surface area contributed by atoms with E-state index in [1.807, 2.05) is 10.6 Å². The summed E-state index contributed by atoms with van der Waals surface area (Å²) in [5, 5.41) is 2.81. The van der Waals surface area contributed by atoms with Crippen molar-refractivity contribution in [2.75, 3.05) is 45.9 Å². The Morgan fingerprint density at radius 1 is 1.18 bits per heavy atom. The van der Waals surface area contributed by atoms with Gasteiger partial charge in [0.25, 0.3) is 5.91 Å². The molecule has 3 rings (SSSR count). The summed E-state index contributed by atoms with van der Waals surface area (Å²) in [6, 6.07) is 3.73. The number of hydrogen-bond acceptors (Lipinski definition) is 4. The van der Waals surface area contributed by atoms with Crippen LogP contribution in [0.2, 0.25) is 0 Å². The average molecular weight is 483 g/mol. The number of halogens is 3. The number of hydrogen-bond donors (Lipinski definition) is 1. The molecule has 0 aromatic carbocycles. The van der Waals surface area contributed by atoms with Crippen LogP contribution in [0.25, 0.3) is 0 Å². The third kappa shape index (κ3) is 6.46. The van der Waals surface area contributed by atoms with Crippen LogP contribution in [-0.4, -0.2) is 91.0 Å². The van der Waals surface area contributed by atoms with Crippen molar-refractivity contribution in [3.63, 3.8) is 0 Å². The number of aliphatic imine (C=N–C) groups is 2. The molecular weight excluding hydrogens is 453 g/mol. The standard InChI is InChI=1S/C22H29F3N6O3/c1-16(22(23,24)25)15-28-21(26-2)30-11-9-29(10-12-30)19(32)6-14-34-13-5-17-3-4-18-20(33)27-7-8-31(17)18/h3-4,15H,2,5-14H2,1H3,(H,27,33)/b16-15+,28-21+. The Kier molecular flexibility index (Phi) is 8.48. The van der Waals surface area contributed by atoms with E-state index >= 15 is 0 Å². The summed E-state index contributed by atoms with van der Waals surface area (Å²) in [6.45, 7) is 8.02. The fraction of sp³-hybridized carbons (Fsp3) is 0.545. The quantitative estimate of drug-likeness (QED) is 0.365. The SMILES string of the molecule is C=N/C(=N\C=C(/C)C(F)(F)F)N1CCN(C(=O)CCOCCc2ccc3n2CCNC3=O)CC1. The predicted molar refractivity (Wildman–Crippen MR) is 121 cm³/mol. The van der Waals surface area contributed by atoms with Gasteiger partial charge in [-0.15, -0.1) is 0 Å². The molecule has 12 heteroatoms. The van der Waals surface area contributed by atoms with E-state index in [0.29, 0.717) is 51.4 Å². The molecule has 1 aromatic heterocycles. The van der Waals surface area contributed by atoms with E-state index in [0.717, 1.165) is 25.4 Å². The smallest absolute Gasteiger partial charge is 0.381 e. The summed E-state index contributed by atoms with van der Waals surface area (Å²) in [7, 11) is 0. The van der Waals surface area contributed by atoms with Crippen molar-refractivity contribution in [3.05, 3.63) is 35.3 Å². The summed E-state index contributed by atoms with van der Waals surface area (Å²) < 4.78 is 45.5. The van der Waals surface area contributed by atoms with Gasteiger partial charge in [0.2, 0.25) is 11.9 Å². The number of nitrogens with one attached hydrogen (secondary N) is 1. The minimum absolute atomic E-state index is 0.0470. The van der Waals surface area contributed by atoms with Gasteiger partial charge in [-0.1, -0.05) is 0 Å². The van der Waals surface area contributed by atoms with Gasteiger partial charge in [-0.3, -0.25) is 9.59 Å². The zero-order valence-electron chi connectivity index (χ0n) is 19.1. The molecule has 0 aliphatic carbocycles. The van der Waals surface area contributed by atoms with Crippen LogP contribution < -0.4 is 5.32 Å². The largest absolute Gasteiger partial charge is 0.413 e. The Balaban J connectivity index is 1.38. The number of carbonyl (C=O) groups is 2. The van der Waals surface area contributed by atoms with Crippen LogP contribution in [-0.2, 0) is 22.5 Å². The zero-order chi connectivity index (χ0) is 24.7. The molecule has 1 N–H and O–H groups in total. The molecule has 0 spiro atoms. The van der Waals surface area contributed by atoms with Gasteiger partial charge >= 0.3 is 6.18 Å². The van der Waals surface area contributed by atoms with Gasteiger partial charge in [-0.05, 0) is 25.8 Å². The van der Waals surface area contributed by atoms with Gasteiger partial charge in [0.15, 0.2) is 0 Å². The molecule has 0 radical (unpaired) electrons. The highest BCUT2D eigenvalue weighted by Gasteiger charge is 2.30. The summed E-state index contributed by atoms with van der Waals surface area (Å²) in [5.41, 5.74) is 0.854. The fourth-order valence-electron chi connectivity index (χ4n) is 3.76. The molecule has 1 saturated heterocycles. The molecule has 2 aliphatic heterocycles. The summed E-state index contributed by atoms with van der Waals surface area (Å²) in [4.78, 5) is 35.2.